The van der Waals surface area contributed by atoms with E-state index in [0.29, 0.717) is 25.3 Å². The van der Waals surface area contributed by atoms with Crippen molar-refractivity contribution >= 4 is 33.4 Å². The lowest BCUT2D eigenvalue weighted by Gasteiger charge is -2.23. The average molecular weight is 461 g/mol. The third-order valence-corrected chi connectivity index (χ3v) is 7.18. The molecule has 10 nitrogen and oxygen atoms in total. The maximum Gasteiger partial charge on any atom is 0.414 e. The van der Waals surface area contributed by atoms with Gasteiger partial charge in [0.05, 0.1) is 24.6 Å². The van der Waals surface area contributed by atoms with Crippen molar-refractivity contribution in [2.24, 2.45) is 11.8 Å². The first-order valence-electron chi connectivity index (χ1n) is 10.2. The quantitative estimate of drug-likeness (QED) is 0.633. The highest BCUT2D eigenvalue weighted by atomic mass is 32.2. The van der Waals surface area contributed by atoms with Crippen LogP contribution in [0, 0.1) is 23.2 Å². The van der Waals surface area contributed by atoms with Crippen LogP contribution in [0.1, 0.15) is 12.5 Å². The third kappa shape index (κ3) is 3.90. The summed E-state index contributed by atoms with van der Waals surface area (Å²) in [5.74, 6) is -1.22. The van der Waals surface area contributed by atoms with Crippen molar-refractivity contribution in [2.75, 3.05) is 43.1 Å². The molecule has 2 saturated heterocycles. The number of carbonyl (C=O) groups is 3. The summed E-state index contributed by atoms with van der Waals surface area (Å²) in [5, 5.41) is 12.6. The fourth-order valence-corrected chi connectivity index (χ4v) is 5.45. The van der Waals surface area contributed by atoms with E-state index in [1.807, 2.05) is 12.1 Å². The van der Waals surface area contributed by atoms with Gasteiger partial charge in [0.2, 0.25) is 11.8 Å². The number of benzene rings is 1. The van der Waals surface area contributed by atoms with E-state index < -0.39 is 39.1 Å². The van der Waals surface area contributed by atoms with Gasteiger partial charge in [0.1, 0.15) is 11.9 Å². The highest BCUT2D eigenvalue weighted by molar-refractivity contribution is 7.91. The molecule has 1 saturated carbocycles. The third-order valence-electron chi connectivity index (χ3n) is 6.41. The SMILES string of the molecule is CC(=O)NC[C@H]1CN(c2ccc(C3(C#N)C4CN(C(=O)CS(C)(=O)=O)CC43)cc2)C(=O)O1. The zero-order valence-corrected chi connectivity index (χ0v) is 18.6. The molecule has 4 rings (SSSR count). The van der Waals surface area contributed by atoms with Crippen molar-refractivity contribution in [2.45, 2.75) is 18.4 Å². The smallest absolute Gasteiger partial charge is 0.414 e. The second-order valence-corrected chi connectivity index (χ2v) is 10.8. The molecule has 1 aliphatic carbocycles. The van der Waals surface area contributed by atoms with Gasteiger partial charge in [-0.25, -0.2) is 13.2 Å². The van der Waals surface area contributed by atoms with Crippen molar-refractivity contribution in [3.63, 3.8) is 0 Å². The second-order valence-electron chi connectivity index (χ2n) is 8.66. The normalized spacial score (nSPS) is 28.7. The minimum absolute atomic E-state index is 0.0411. The van der Waals surface area contributed by atoms with Crippen LogP contribution in [0.2, 0.25) is 0 Å². The minimum Gasteiger partial charge on any atom is -0.442 e. The molecule has 11 heteroatoms. The van der Waals surface area contributed by atoms with Gasteiger partial charge in [0.25, 0.3) is 0 Å². The Morgan fingerprint density at radius 3 is 2.38 bits per heavy atom. The summed E-state index contributed by atoms with van der Waals surface area (Å²) in [7, 11) is -3.40. The number of ether oxygens (including phenoxy) is 1. The van der Waals surface area contributed by atoms with E-state index in [9.17, 15) is 28.1 Å². The lowest BCUT2D eigenvalue weighted by atomic mass is 9.91. The van der Waals surface area contributed by atoms with Gasteiger partial charge in [-0.3, -0.25) is 14.5 Å². The van der Waals surface area contributed by atoms with E-state index in [1.165, 1.54) is 16.7 Å². The van der Waals surface area contributed by atoms with Gasteiger partial charge in [-0.05, 0) is 17.7 Å². The lowest BCUT2D eigenvalue weighted by molar-refractivity contribution is -0.128. The highest BCUT2D eigenvalue weighted by Crippen LogP contribution is 2.63. The molecule has 1 aromatic carbocycles. The molecule has 2 heterocycles. The molecule has 3 amide bonds. The van der Waals surface area contributed by atoms with Crippen LogP contribution in [-0.4, -0.2) is 75.5 Å². The van der Waals surface area contributed by atoms with Gasteiger partial charge < -0.3 is 15.0 Å². The molecular weight excluding hydrogens is 436 g/mol. The molecular formula is C21H24N4O6S. The number of carbonyl (C=O) groups excluding carboxylic acids is 3. The highest BCUT2D eigenvalue weighted by Gasteiger charge is 2.70. The van der Waals surface area contributed by atoms with E-state index in [0.717, 1.165) is 11.8 Å². The van der Waals surface area contributed by atoms with Gasteiger partial charge in [0, 0.05) is 43.8 Å². The molecule has 3 atom stereocenters. The van der Waals surface area contributed by atoms with Crippen LogP contribution in [0.25, 0.3) is 0 Å². The van der Waals surface area contributed by atoms with Gasteiger partial charge in [-0.2, -0.15) is 5.26 Å². The van der Waals surface area contributed by atoms with Crippen LogP contribution in [-0.2, 0) is 29.6 Å². The number of nitrogens with zero attached hydrogens (tertiary/aromatic N) is 3. The lowest BCUT2D eigenvalue weighted by Crippen LogP contribution is -2.38. The molecule has 32 heavy (non-hydrogen) atoms. The zero-order valence-electron chi connectivity index (χ0n) is 17.8. The molecule has 3 fully saturated rings. The minimum atomic E-state index is -3.40. The molecule has 3 aliphatic rings. The summed E-state index contributed by atoms with van der Waals surface area (Å²) in [6, 6.07) is 9.56. The molecule has 170 valence electrons. The summed E-state index contributed by atoms with van der Waals surface area (Å²) >= 11 is 0. The number of nitriles is 1. The Hall–Kier alpha value is -3.13. The molecule has 0 bridgehead atoms. The Morgan fingerprint density at radius 1 is 1.22 bits per heavy atom. The average Bonchev–Trinajstić information content (AvgIpc) is 3.02. The van der Waals surface area contributed by atoms with E-state index in [1.54, 1.807) is 12.1 Å². The molecule has 2 aliphatic heterocycles. The molecule has 1 N–H and O–H groups in total. The van der Waals surface area contributed by atoms with Crippen LogP contribution in [0.5, 0.6) is 0 Å². The van der Waals surface area contributed by atoms with Crippen molar-refractivity contribution in [3.05, 3.63) is 29.8 Å². The van der Waals surface area contributed by atoms with Gasteiger partial charge in [-0.15, -0.1) is 0 Å². The zero-order chi connectivity index (χ0) is 23.3. The Labute approximate surface area is 186 Å². The number of sulfone groups is 1. The second kappa shape index (κ2) is 7.78. The number of cyclic esters (lactones) is 1. The first-order chi connectivity index (χ1) is 15.0. The Bertz CT molecular complexity index is 1100. The van der Waals surface area contributed by atoms with Crippen molar-refractivity contribution in [1.29, 1.82) is 5.26 Å². The van der Waals surface area contributed by atoms with Gasteiger partial charge in [0.15, 0.2) is 9.84 Å². The van der Waals surface area contributed by atoms with Gasteiger partial charge >= 0.3 is 6.09 Å². The predicted octanol–water partition coefficient (Wildman–Crippen LogP) is 0.0421. The van der Waals surface area contributed by atoms with Crippen LogP contribution in [0.3, 0.4) is 0 Å². The van der Waals surface area contributed by atoms with Crippen molar-refractivity contribution in [1.82, 2.24) is 10.2 Å². The van der Waals surface area contributed by atoms with Crippen molar-refractivity contribution in [3.8, 4) is 6.07 Å². The van der Waals surface area contributed by atoms with E-state index in [-0.39, 0.29) is 24.3 Å². The summed E-state index contributed by atoms with van der Waals surface area (Å²) in [6.07, 6.45) is 0.0994. The first kappa shape index (κ1) is 22.1. The number of amides is 3. The van der Waals surface area contributed by atoms with Crippen LogP contribution in [0.4, 0.5) is 10.5 Å². The predicted molar refractivity (Wildman–Crippen MR) is 113 cm³/mol. The van der Waals surface area contributed by atoms with E-state index in [4.69, 9.17) is 4.74 Å². The number of anilines is 1. The molecule has 0 radical (unpaired) electrons. The Kier molecular flexibility index (Phi) is 5.36. The number of rotatable bonds is 6. The number of hydrogen-bond donors (Lipinski definition) is 1. The fraction of sp³-hybridized carbons (Fsp3) is 0.524. The van der Waals surface area contributed by atoms with Crippen LogP contribution >= 0.6 is 0 Å². The van der Waals surface area contributed by atoms with E-state index in [2.05, 4.69) is 11.4 Å². The standard InChI is InChI=1S/C21H24N4O6S/c1-13(26)23-7-16-8-25(20(28)31-16)15-5-3-14(4-6-15)21(12-22)17-9-24(10-18(17)21)19(27)11-32(2,29)30/h3-6,16-18H,7-11H2,1-2H3,(H,23,26)/t16-,17?,18?,21?/m0/s1. The number of fused-ring (bicyclic) bond motifs is 1. The largest absolute Gasteiger partial charge is 0.442 e. The van der Waals surface area contributed by atoms with Crippen molar-refractivity contribution < 1.29 is 27.5 Å². The summed E-state index contributed by atoms with van der Waals surface area (Å²) < 4.78 is 28.1. The van der Waals surface area contributed by atoms with E-state index >= 15 is 0 Å². The number of hydrogen-bond acceptors (Lipinski definition) is 7. The summed E-state index contributed by atoms with van der Waals surface area (Å²) in [6.45, 7) is 2.66. The Morgan fingerprint density at radius 2 is 1.84 bits per heavy atom. The topological polar surface area (TPSA) is 137 Å². The molecule has 0 spiro atoms. The molecule has 0 aromatic heterocycles. The number of piperidine rings is 1. The summed E-state index contributed by atoms with van der Waals surface area (Å²) in [4.78, 5) is 38.4. The number of nitrogens with one attached hydrogen (secondary N) is 1. The number of likely N-dealkylation sites (tertiary alicyclic amines) is 1. The monoisotopic (exact) mass is 460 g/mol. The molecule has 2 unspecified atom stereocenters. The van der Waals surface area contributed by atoms with Crippen LogP contribution in [0.15, 0.2) is 24.3 Å². The maximum absolute atomic E-state index is 12.2. The fourth-order valence-electron chi connectivity index (χ4n) is 4.82. The Balaban J connectivity index is 1.42. The molecule has 1 aromatic rings. The summed E-state index contributed by atoms with van der Waals surface area (Å²) in [5.41, 5.74) is 0.740. The first-order valence-corrected chi connectivity index (χ1v) is 12.3. The van der Waals surface area contributed by atoms with Gasteiger partial charge in [-0.1, -0.05) is 12.1 Å². The maximum atomic E-state index is 12.2. The van der Waals surface area contributed by atoms with Crippen LogP contribution < -0.4 is 10.2 Å².